The highest BCUT2D eigenvalue weighted by Crippen LogP contribution is 2.37. The quantitative estimate of drug-likeness (QED) is 0.720. The van der Waals surface area contributed by atoms with E-state index in [1.807, 2.05) is 36.1 Å². The maximum atomic E-state index is 12.9. The number of piperidine rings is 1. The number of halogens is 1. The van der Waals surface area contributed by atoms with Crippen molar-refractivity contribution in [2.75, 3.05) is 38.2 Å². The van der Waals surface area contributed by atoms with Gasteiger partial charge in [-0.25, -0.2) is 0 Å². The van der Waals surface area contributed by atoms with Gasteiger partial charge in [-0.3, -0.25) is 4.79 Å². The Labute approximate surface area is 185 Å². The van der Waals surface area contributed by atoms with Crippen molar-refractivity contribution in [2.45, 2.75) is 37.9 Å². The Morgan fingerprint density at radius 2 is 1.73 bits per heavy atom. The van der Waals surface area contributed by atoms with Crippen LogP contribution in [0.4, 0.5) is 5.69 Å². The summed E-state index contributed by atoms with van der Waals surface area (Å²) in [4.78, 5) is 17.3. The van der Waals surface area contributed by atoms with Crippen LogP contribution in [0, 0.1) is 0 Å². The molecule has 4 rings (SSSR count). The zero-order chi connectivity index (χ0) is 20.3. The van der Waals surface area contributed by atoms with E-state index in [-0.39, 0.29) is 23.9 Å². The van der Waals surface area contributed by atoms with Crippen molar-refractivity contribution in [3.63, 3.8) is 0 Å². The van der Waals surface area contributed by atoms with Gasteiger partial charge >= 0.3 is 0 Å². The first-order valence-electron chi connectivity index (χ1n) is 10.5. The van der Waals surface area contributed by atoms with Crippen LogP contribution in [-0.2, 0) is 16.0 Å². The van der Waals surface area contributed by atoms with Gasteiger partial charge in [-0.1, -0.05) is 42.5 Å². The van der Waals surface area contributed by atoms with Crippen molar-refractivity contribution in [3.8, 4) is 5.75 Å². The van der Waals surface area contributed by atoms with Gasteiger partial charge in [0.15, 0.2) is 0 Å². The zero-order valence-electron chi connectivity index (χ0n) is 17.8. The number of amides is 1. The number of likely N-dealkylation sites (tertiary alicyclic amines) is 1. The van der Waals surface area contributed by atoms with Crippen molar-refractivity contribution < 1.29 is 14.3 Å². The molecule has 0 radical (unpaired) electrons. The van der Waals surface area contributed by atoms with E-state index in [1.165, 1.54) is 5.56 Å². The highest BCUT2D eigenvalue weighted by atomic mass is 35.5. The monoisotopic (exact) mass is 430 g/mol. The summed E-state index contributed by atoms with van der Waals surface area (Å²) < 4.78 is 11.8. The fourth-order valence-corrected chi connectivity index (χ4v) is 4.50. The predicted octanol–water partition coefficient (Wildman–Crippen LogP) is 3.95. The van der Waals surface area contributed by atoms with Crippen LogP contribution in [-0.4, -0.2) is 55.8 Å². The summed E-state index contributed by atoms with van der Waals surface area (Å²) >= 11 is 0. The molecule has 2 fully saturated rings. The molecule has 162 valence electrons. The first-order chi connectivity index (χ1) is 14.1. The van der Waals surface area contributed by atoms with Gasteiger partial charge in [-0.05, 0) is 43.9 Å². The van der Waals surface area contributed by atoms with Gasteiger partial charge in [-0.15, -0.1) is 12.4 Å². The molecule has 1 atom stereocenters. The molecular formula is C24H31ClN2O3. The molecule has 5 nitrogen and oxygen atoms in total. The molecule has 2 saturated heterocycles. The molecule has 2 heterocycles. The Morgan fingerprint density at radius 1 is 1.07 bits per heavy atom. The first-order valence-corrected chi connectivity index (χ1v) is 10.5. The third kappa shape index (κ3) is 4.80. The van der Waals surface area contributed by atoms with Crippen LogP contribution in [0.1, 0.15) is 25.3 Å². The normalized spacial score (nSPS) is 21.3. The summed E-state index contributed by atoms with van der Waals surface area (Å²) in [5.74, 6) is 0.733. The standard InChI is InChI=1S/C24H30N2O3.ClH/c1-19-23(27)26(21-10-6-7-11-22(21)28-2)18-24(29-19)13-16-25(17-14-24)15-12-20-8-4-3-5-9-20;/h3-11,19H,12-18H2,1-2H3;1H. The van der Waals surface area contributed by atoms with E-state index in [9.17, 15) is 4.79 Å². The van der Waals surface area contributed by atoms with Crippen LogP contribution < -0.4 is 9.64 Å². The Hall–Kier alpha value is -2.08. The number of nitrogens with zero attached hydrogens (tertiary/aromatic N) is 2. The molecule has 1 amide bonds. The number of carbonyl (C=O) groups is 1. The summed E-state index contributed by atoms with van der Waals surface area (Å²) in [6.45, 7) is 5.50. The van der Waals surface area contributed by atoms with Crippen molar-refractivity contribution in [1.29, 1.82) is 0 Å². The predicted molar refractivity (Wildman–Crippen MR) is 122 cm³/mol. The molecule has 0 N–H and O–H groups in total. The zero-order valence-corrected chi connectivity index (χ0v) is 18.6. The summed E-state index contributed by atoms with van der Waals surface area (Å²) in [5.41, 5.74) is 1.93. The lowest BCUT2D eigenvalue weighted by Crippen LogP contribution is -2.61. The molecule has 2 aliphatic rings. The molecule has 1 spiro atoms. The lowest BCUT2D eigenvalue weighted by Gasteiger charge is -2.49. The Kier molecular flexibility index (Phi) is 7.40. The van der Waals surface area contributed by atoms with Crippen LogP contribution in [0.15, 0.2) is 54.6 Å². The van der Waals surface area contributed by atoms with E-state index in [1.54, 1.807) is 7.11 Å². The maximum Gasteiger partial charge on any atom is 0.256 e. The fourth-order valence-electron chi connectivity index (χ4n) is 4.50. The molecule has 1 unspecified atom stereocenters. The van der Waals surface area contributed by atoms with Crippen LogP contribution in [0.2, 0.25) is 0 Å². The van der Waals surface area contributed by atoms with Crippen molar-refractivity contribution in [3.05, 3.63) is 60.2 Å². The van der Waals surface area contributed by atoms with Gasteiger partial charge in [0, 0.05) is 19.6 Å². The smallest absolute Gasteiger partial charge is 0.256 e. The van der Waals surface area contributed by atoms with Gasteiger partial charge in [-0.2, -0.15) is 0 Å². The second-order valence-electron chi connectivity index (χ2n) is 8.12. The van der Waals surface area contributed by atoms with Gasteiger partial charge in [0.2, 0.25) is 0 Å². The molecule has 2 aromatic rings. The summed E-state index contributed by atoms with van der Waals surface area (Å²) in [7, 11) is 1.65. The molecule has 2 aliphatic heterocycles. The third-order valence-electron chi connectivity index (χ3n) is 6.19. The Bertz CT molecular complexity index is 837. The number of carbonyl (C=O) groups excluding carboxylic acids is 1. The molecule has 6 heteroatoms. The van der Waals surface area contributed by atoms with Gasteiger partial charge in [0.1, 0.15) is 11.9 Å². The van der Waals surface area contributed by atoms with E-state index in [0.29, 0.717) is 6.54 Å². The van der Waals surface area contributed by atoms with Crippen molar-refractivity contribution in [2.24, 2.45) is 0 Å². The van der Waals surface area contributed by atoms with Crippen molar-refractivity contribution in [1.82, 2.24) is 4.90 Å². The average molecular weight is 431 g/mol. The minimum Gasteiger partial charge on any atom is -0.495 e. The topological polar surface area (TPSA) is 42.0 Å². The summed E-state index contributed by atoms with van der Waals surface area (Å²) in [5, 5.41) is 0. The molecule has 0 bridgehead atoms. The Morgan fingerprint density at radius 3 is 2.43 bits per heavy atom. The number of morpholine rings is 1. The van der Waals surface area contributed by atoms with Crippen molar-refractivity contribution >= 4 is 24.0 Å². The maximum absolute atomic E-state index is 12.9. The van der Waals surface area contributed by atoms with Crippen LogP contribution in [0.25, 0.3) is 0 Å². The third-order valence-corrected chi connectivity index (χ3v) is 6.19. The van der Waals surface area contributed by atoms with Crippen LogP contribution in [0.5, 0.6) is 5.75 Å². The Balaban J connectivity index is 0.00000256. The van der Waals surface area contributed by atoms with Gasteiger partial charge < -0.3 is 19.3 Å². The van der Waals surface area contributed by atoms with E-state index in [4.69, 9.17) is 9.47 Å². The average Bonchev–Trinajstić information content (AvgIpc) is 2.77. The number of hydrogen-bond acceptors (Lipinski definition) is 4. The highest BCUT2D eigenvalue weighted by Gasteiger charge is 2.46. The minimum absolute atomic E-state index is 0. The number of anilines is 1. The largest absolute Gasteiger partial charge is 0.495 e. The number of ether oxygens (including phenoxy) is 2. The fraction of sp³-hybridized carbons (Fsp3) is 0.458. The SMILES string of the molecule is COc1ccccc1N1CC2(CCN(CCc3ccccc3)CC2)OC(C)C1=O.Cl. The number of rotatable bonds is 5. The molecule has 2 aromatic carbocycles. The molecular weight excluding hydrogens is 400 g/mol. The second-order valence-corrected chi connectivity index (χ2v) is 8.12. The molecule has 0 saturated carbocycles. The molecule has 30 heavy (non-hydrogen) atoms. The number of methoxy groups -OCH3 is 1. The van der Waals surface area contributed by atoms with Gasteiger partial charge in [0.25, 0.3) is 5.91 Å². The minimum atomic E-state index is -0.440. The first kappa shape index (κ1) is 22.6. The van der Waals surface area contributed by atoms with E-state index >= 15 is 0 Å². The lowest BCUT2D eigenvalue weighted by molar-refractivity contribution is -0.161. The van der Waals surface area contributed by atoms with Crippen LogP contribution >= 0.6 is 12.4 Å². The molecule has 0 aromatic heterocycles. The van der Waals surface area contributed by atoms with E-state index < -0.39 is 6.10 Å². The number of hydrogen-bond donors (Lipinski definition) is 0. The lowest BCUT2D eigenvalue weighted by atomic mass is 9.88. The molecule has 0 aliphatic carbocycles. The number of benzene rings is 2. The number of para-hydroxylation sites is 2. The summed E-state index contributed by atoms with van der Waals surface area (Å²) in [6.07, 6.45) is 2.50. The van der Waals surface area contributed by atoms with Gasteiger partial charge in [0.05, 0.1) is 24.9 Å². The van der Waals surface area contributed by atoms with Crippen LogP contribution in [0.3, 0.4) is 0 Å². The van der Waals surface area contributed by atoms with E-state index in [0.717, 1.165) is 50.3 Å². The second kappa shape index (κ2) is 9.82. The van der Waals surface area contributed by atoms with E-state index in [2.05, 4.69) is 35.2 Å². The summed E-state index contributed by atoms with van der Waals surface area (Å²) in [6, 6.07) is 18.4. The highest BCUT2D eigenvalue weighted by molar-refractivity contribution is 5.98.